The van der Waals surface area contributed by atoms with Crippen LogP contribution in [0.2, 0.25) is 20.1 Å². The highest BCUT2D eigenvalue weighted by Crippen LogP contribution is 2.34. The molecule has 35 heavy (non-hydrogen) atoms. The molecule has 2 rings (SSSR count). The number of unbranched alkanes of at least 4 members (excludes halogenated alkanes) is 1. The molecule has 0 spiro atoms. The molecule has 0 radical (unpaired) electrons. The SMILES string of the molecule is CCCCNC(=O)C(C)N(Cc1ccc(Cl)cc1Cl)C(=O)CN(c1cccc(Cl)c1Cl)S(C)(=O)=O. The summed E-state index contributed by atoms with van der Waals surface area (Å²) >= 11 is 24.6. The van der Waals surface area contributed by atoms with Crippen LogP contribution in [0.25, 0.3) is 0 Å². The van der Waals surface area contributed by atoms with Crippen LogP contribution < -0.4 is 9.62 Å². The lowest BCUT2D eigenvalue weighted by Gasteiger charge is -2.32. The van der Waals surface area contributed by atoms with Gasteiger partial charge in [0.15, 0.2) is 0 Å². The summed E-state index contributed by atoms with van der Waals surface area (Å²) in [6, 6.07) is 8.36. The third-order valence-corrected chi connectivity index (χ3v) is 7.75. The summed E-state index contributed by atoms with van der Waals surface area (Å²) in [4.78, 5) is 27.6. The predicted octanol–water partition coefficient (Wildman–Crippen LogP) is 5.40. The van der Waals surface area contributed by atoms with E-state index >= 15 is 0 Å². The van der Waals surface area contributed by atoms with Gasteiger partial charge >= 0.3 is 0 Å². The quantitative estimate of drug-likeness (QED) is 0.359. The zero-order valence-electron chi connectivity index (χ0n) is 19.5. The number of nitrogens with zero attached hydrogens (tertiary/aromatic N) is 2. The fourth-order valence-corrected chi connectivity index (χ4v) is 5.00. The Morgan fingerprint density at radius 1 is 1.06 bits per heavy atom. The molecule has 0 aliphatic heterocycles. The van der Waals surface area contributed by atoms with Crippen LogP contribution in [0, 0.1) is 0 Å². The van der Waals surface area contributed by atoms with Gasteiger partial charge in [-0.25, -0.2) is 8.42 Å². The first-order valence-electron chi connectivity index (χ1n) is 10.8. The Kier molecular flexibility index (Phi) is 11.0. The first-order valence-corrected chi connectivity index (χ1v) is 14.2. The van der Waals surface area contributed by atoms with Crippen LogP contribution in [-0.4, -0.2) is 50.5 Å². The maximum Gasteiger partial charge on any atom is 0.244 e. The van der Waals surface area contributed by atoms with Crippen molar-refractivity contribution in [2.24, 2.45) is 0 Å². The van der Waals surface area contributed by atoms with Crippen LogP contribution in [0.1, 0.15) is 32.3 Å². The van der Waals surface area contributed by atoms with Gasteiger partial charge in [-0.05, 0) is 43.2 Å². The number of carbonyl (C=O) groups excluding carboxylic acids is 2. The van der Waals surface area contributed by atoms with E-state index in [2.05, 4.69) is 5.32 Å². The first kappa shape index (κ1) is 29.5. The third-order valence-electron chi connectivity index (χ3n) is 5.23. The number of rotatable bonds is 11. The van der Waals surface area contributed by atoms with Crippen molar-refractivity contribution in [3.05, 3.63) is 62.1 Å². The molecule has 0 fully saturated rings. The Labute approximate surface area is 226 Å². The van der Waals surface area contributed by atoms with Crippen LogP contribution in [-0.2, 0) is 26.2 Å². The van der Waals surface area contributed by atoms with Crippen molar-refractivity contribution in [2.75, 3.05) is 23.7 Å². The summed E-state index contributed by atoms with van der Waals surface area (Å²) in [6.07, 6.45) is 2.63. The van der Waals surface area contributed by atoms with Gasteiger partial charge in [-0.15, -0.1) is 0 Å². The maximum absolute atomic E-state index is 13.5. The van der Waals surface area contributed by atoms with Crippen molar-refractivity contribution < 1.29 is 18.0 Å². The highest BCUT2D eigenvalue weighted by Gasteiger charge is 2.31. The average molecular weight is 583 g/mol. The van der Waals surface area contributed by atoms with Crippen molar-refractivity contribution in [1.29, 1.82) is 0 Å². The summed E-state index contributed by atoms with van der Waals surface area (Å²) in [7, 11) is -3.94. The van der Waals surface area contributed by atoms with Gasteiger partial charge in [0.2, 0.25) is 21.8 Å². The van der Waals surface area contributed by atoms with Gasteiger partial charge in [-0.2, -0.15) is 0 Å². The van der Waals surface area contributed by atoms with Crippen molar-refractivity contribution >= 4 is 73.9 Å². The molecule has 2 aromatic carbocycles. The Hall–Kier alpha value is -1.71. The number of hydrogen-bond donors (Lipinski definition) is 1. The molecule has 0 aliphatic rings. The number of halogens is 4. The Morgan fingerprint density at radius 3 is 2.34 bits per heavy atom. The van der Waals surface area contributed by atoms with Crippen LogP contribution in [0.4, 0.5) is 5.69 Å². The van der Waals surface area contributed by atoms with E-state index in [1.165, 1.54) is 29.2 Å². The number of sulfonamides is 1. The second-order valence-corrected chi connectivity index (χ2v) is 11.5. The molecule has 2 aromatic rings. The second-order valence-electron chi connectivity index (χ2n) is 7.92. The normalized spacial score (nSPS) is 12.2. The average Bonchev–Trinajstić information content (AvgIpc) is 2.78. The fourth-order valence-electron chi connectivity index (χ4n) is 3.23. The van der Waals surface area contributed by atoms with Gasteiger partial charge < -0.3 is 10.2 Å². The molecule has 7 nitrogen and oxygen atoms in total. The molecule has 0 bridgehead atoms. The molecule has 1 unspecified atom stereocenters. The molecule has 1 atom stereocenters. The van der Waals surface area contributed by atoms with E-state index in [1.807, 2.05) is 6.92 Å². The Bertz CT molecular complexity index is 1180. The van der Waals surface area contributed by atoms with Crippen LogP contribution >= 0.6 is 46.4 Å². The molecule has 192 valence electrons. The van der Waals surface area contributed by atoms with E-state index in [4.69, 9.17) is 46.4 Å². The molecule has 0 saturated heterocycles. The van der Waals surface area contributed by atoms with E-state index in [9.17, 15) is 18.0 Å². The van der Waals surface area contributed by atoms with Crippen LogP contribution in [0.3, 0.4) is 0 Å². The Balaban J connectivity index is 2.43. The molecule has 1 N–H and O–H groups in total. The summed E-state index contributed by atoms with van der Waals surface area (Å²) in [6.45, 7) is 3.38. The number of anilines is 1. The molecule has 0 aliphatic carbocycles. The largest absolute Gasteiger partial charge is 0.354 e. The van der Waals surface area contributed by atoms with Crippen molar-refractivity contribution in [3.63, 3.8) is 0 Å². The molecular weight excluding hydrogens is 556 g/mol. The third kappa shape index (κ3) is 8.15. The standard InChI is InChI=1S/C23H27Cl4N3O4S/c1-4-5-11-28-23(32)15(2)29(13-16-9-10-17(24)12-19(16)26)21(31)14-30(35(3,33)34)20-8-6-7-18(25)22(20)27/h6-10,12,15H,4-5,11,13-14H2,1-3H3,(H,28,32). The van der Waals surface area contributed by atoms with Gasteiger partial charge in [0.25, 0.3) is 0 Å². The summed E-state index contributed by atoms with van der Waals surface area (Å²) in [5.41, 5.74) is 0.601. The molecular formula is C23H27Cl4N3O4S. The number of hydrogen-bond acceptors (Lipinski definition) is 4. The molecule has 2 amide bonds. The monoisotopic (exact) mass is 581 g/mol. The Morgan fingerprint density at radius 2 is 1.74 bits per heavy atom. The van der Waals surface area contributed by atoms with E-state index in [-0.39, 0.29) is 28.2 Å². The first-order chi connectivity index (χ1) is 16.4. The predicted molar refractivity (Wildman–Crippen MR) is 143 cm³/mol. The lowest BCUT2D eigenvalue weighted by molar-refractivity contribution is -0.139. The minimum absolute atomic E-state index is 0.00922. The smallest absolute Gasteiger partial charge is 0.244 e. The van der Waals surface area contributed by atoms with Crippen molar-refractivity contribution in [1.82, 2.24) is 10.2 Å². The number of carbonyl (C=O) groups is 2. The van der Waals surface area contributed by atoms with Crippen LogP contribution in [0.5, 0.6) is 0 Å². The fraction of sp³-hybridized carbons (Fsp3) is 0.391. The summed E-state index contributed by atoms with van der Waals surface area (Å²) in [5.74, 6) is -1.00. The number of benzene rings is 2. The summed E-state index contributed by atoms with van der Waals surface area (Å²) < 4.78 is 26.1. The highest BCUT2D eigenvalue weighted by atomic mass is 35.5. The van der Waals surface area contributed by atoms with E-state index < -0.39 is 28.5 Å². The molecule has 0 aromatic heterocycles. The number of amides is 2. The molecule has 0 saturated carbocycles. The lowest BCUT2D eigenvalue weighted by atomic mass is 10.1. The van der Waals surface area contributed by atoms with Crippen LogP contribution in [0.15, 0.2) is 36.4 Å². The van der Waals surface area contributed by atoms with E-state index in [1.54, 1.807) is 19.1 Å². The van der Waals surface area contributed by atoms with Crippen molar-refractivity contribution in [3.8, 4) is 0 Å². The summed E-state index contributed by atoms with van der Waals surface area (Å²) in [5, 5.41) is 3.66. The lowest BCUT2D eigenvalue weighted by Crippen LogP contribution is -2.51. The zero-order chi connectivity index (χ0) is 26.3. The van der Waals surface area contributed by atoms with Crippen molar-refractivity contribution in [2.45, 2.75) is 39.3 Å². The number of nitrogens with one attached hydrogen (secondary N) is 1. The maximum atomic E-state index is 13.5. The van der Waals surface area contributed by atoms with Gasteiger partial charge in [-0.1, -0.05) is 71.9 Å². The highest BCUT2D eigenvalue weighted by molar-refractivity contribution is 7.92. The second kappa shape index (κ2) is 13.0. The van der Waals surface area contributed by atoms with Gasteiger partial charge in [0.1, 0.15) is 12.6 Å². The minimum atomic E-state index is -3.94. The topological polar surface area (TPSA) is 86.8 Å². The molecule has 12 heteroatoms. The minimum Gasteiger partial charge on any atom is -0.354 e. The van der Waals surface area contributed by atoms with Gasteiger partial charge in [-0.3, -0.25) is 13.9 Å². The van der Waals surface area contributed by atoms with E-state index in [0.717, 1.165) is 23.4 Å². The van der Waals surface area contributed by atoms with Gasteiger partial charge in [0.05, 0.1) is 22.0 Å². The molecule has 0 heterocycles. The zero-order valence-corrected chi connectivity index (χ0v) is 23.4. The van der Waals surface area contributed by atoms with Gasteiger partial charge in [0, 0.05) is 23.1 Å². The van der Waals surface area contributed by atoms with E-state index in [0.29, 0.717) is 22.2 Å².